The Morgan fingerprint density at radius 1 is 1.17 bits per heavy atom. The van der Waals surface area contributed by atoms with Crippen LogP contribution in [0.3, 0.4) is 0 Å². The van der Waals surface area contributed by atoms with E-state index < -0.39 is 0 Å². The fourth-order valence-electron chi connectivity index (χ4n) is 1.19. The van der Waals surface area contributed by atoms with Gasteiger partial charge < -0.3 is 10.7 Å². The lowest BCUT2D eigenvalue weighted by molar-refractivity contribution is 1.48. The van der Waals surface area contributed by atoms with Gasteiger partial charge in [0.1, 0.15) is 0 Å². The van der Waals surface area contributed by atoms with E-state index >= 15 is 0 Å². The number of nitrogens with two attached hydrogens (primary N) is 1. The van der Waals surface area contributed by atoms with Crippen LogP contribution in [0.15, 0.2) is 18.3 Å². The first kappa shape index (κ1) is 7.77. The Morgan fingerprint density at radius 3 is 2.58 bits per heavy atom. The highest BCUT2D eigenvalue weighted by atomic mass is 35.5. The quantitative estimate of drug-likeness (QED) is 0.632. The summed E-state index contributed by atoms with van der Waals surface area (Å²) < 4.78 is 0. The highest BCUT2D eigenvalue weighted by molar-refractivity contribution is 6.42. The number of halogens is 2. The number of nitrogen functional groups attached to an aromatic ring is 1. The van der Waals surface area contributed by atoms with Crippen LogP contribution in [0.2, 0.25) is 10.0 Å². The minimum Gasteiger partial charge on any atom is -0.397 e. The third-order valence-corrected chi connectivity index (χ3v) is 2.38. The van der Waals surface area contributed by atoms with Crippen LogP contribution in [0.5, 0.6) is 0 Å². The zero-order valence-electron chi connectivity index (χ0n) is 6.07. The van der Waals surface area contributed by atoms with Gasteiger partial charge in [0.2, 0.25) is 0 Å². The van der Waals surface area contributed by atoms with E-state index in [2.05, 4.69) is 4.98 Å². The number of aromatic amines is 1. The number of hydrogen-bond acceptors (Lipinski definition) is 1. The molecule has 0 amide bonds. The van der Waals surface area contributed by atoms with Crippen LogP contribution in [0.25, 0.3) is 10.9 Å². The molecule has 12 heavy (non-hydrogen) atoms. The number of benzene rings is 1. The van der Waals surface area contributed by atoms with Gasteiger partial charge in [0.25, 0.3) is 0 Å². The summed E-state index contributed by atoms with van der Waals surface area (Å²) in [6, 6.07) is 3.48. The lowest BCUT2D eigenvalue weighted by Gasteiger charge is -1.97. The van der Waals surface area contributed by atoms with E-state index in [1.165, 1.54) is 0 Å². The van der Waals surface area contributed by atoms with Crippen molar-refractivity contribution in [1.29, 1.82) is 0 Å². The van der Waals surface area contributed by atoms with Gasteiger partial charge in [0.15, 0.2) is 0 Å². The van der Waals surface area contributed by atoms with E-state index in [4.69, 9.17) is 28.9 Å². The average Bonchev–Trinajstić information content (AvgIpc) is 2.42. The SMILES string of the molecule is Nc1ccc(Cl)c2c(Cl)c[nH]c12. The van der Waals surface area contributed by atoms with Gasteiger partial charge in [-0.1, -0.05) is 23.2 Å². The van der Waals surface area contributed by atoms with E-state index in [1.54, 1.807) is 18.3 Å². The van der Waals surface area contributed by atoms with Gasteiger partial charge in [-0.3, -0.25) is 0 Å². The first-order chi connectivity index (χ1) is 5.70. The van der Waals surface area contributed by atoms with Crippen molar-refractivity contribution >= 4 is 39.8 Å². The van der Waals surface area contributed by atoms with Gasteiger partial charge >= 0.3 is 0 Å². The number of rotatable bonds is 0. The summed E-state index contributed by atoms with van der Waals surface area (Å²) in [5.74, 6) is 0. The van der Waals surface area contributed by atoms with Crippen molar-refractivity contribution in [3.63, 3.8) is 0 Å². The van der Waals surface area contributed by atoms with Crippen molar-refractivity contribution in [2.75, 3.05) is 5.73 Å². The van der Waals surface area contributed by atoms with Gasteiger partial charge in [0.05, 0.1) is 21.2 Å². The molecule has 1 heterocycles. The second-order valence-corrected chi connectivity index (χ2v) is 3.34. The molecule has 2 nitrogen and oxygen atoms in total. The zero-order valence-corrected chi connectivity index (χ0v) is 7.58. The van der Waals surface area contributed by atoms with Crippen LogP contribution in [0.1, 0.15) is 0 Å². The Labute approximate surface area is 79.3 Å². The second-order valence-electron chi connectivity index (χ2n) is 2.52. The molecule has 0 aliphatic heterocycles. The fourth-order valence-corrected chi connectivity index (χ4v) is 1.75. The molecular formula is C8H6Cl2N2. The summed E-state index contributed by atoms with van der Waals surface area (Å²) in [5, 5.41) is 2.01. The molecule has 0 radical (unpaired) electrons. The van der Waals surface area contributed by atoms with Crippen LogP contribution in [0.4, 0.5) is 5.69 Å². The molecule has 1 aromatic heterocycles. The van der Waals surface area contributed by atoms with Crippen molar-refractivity contribution in [3.05, 3.63) is 28.4 Å². The largest absolute Gasteiger partial charge is 0.397 e. The molecule has 0 unspecified atom stereocenters. The monoisotopic (exact) mass is 200 g/mol. The summed E-state index contributed by atoms with van der Waals surface area (Å²) in [7, 11) is 0. The highest BCUT2D eigenvalue weighted by Crippen LogP contribution is 2.32. The van der Waals surface area contributed by atoms with Crippen LogP contribution in [0, 0.1) is 0 Å². The maximum atomic E-state index is 5.92. The minimum atomic E-state index is 0.599. The van der Waals surface area contributed by atoms with Gasteiger partial charge in [-0.25, -0.2) is 0 Å². The molecule has 3 N–H and O–H groups in total. The van der Waals surface area contributed by atoms with Crippen molar-refractivity contribution in [2.45, 2.75) is 0 Å². The Morgan fingerprint density at radius 2 is 1.92 bits per heavy atom. The Bertz CT molecular complexity index is 434. The van der Waals surface area contributed by atoms with E-state index in [-0.39, 0.29) is 0 Å². The van der Waals surface area contributed by atoms with E-state index in [9.17, 15) is 0 Å². The van der Waals surface area contributed by atoms with Crippen molar-refractivity contribution in [3.8, 4) is 0 Å². The molecule has 0 aliphatic rings. The molecule has 0 spiro atoms. The standard InChI is InChI=1S/C8H6Cl2N2/c9-4-1-2-6(11)8-7(4)5(10)3-12-8/h1-3,12H,11H2. The van der Waals surface area contributed by atoms with Crippen LogP contribution in [-0.2, 0) is 0 Å². The number of anilines is 1. The average molecular weight is 201 g/mol. The molecule has 2 aromatic rings. The second kappa shape index (κ2) is 2.57. The number of hydrogen-bond donors (Lipinski definition) is 2. The first-order valence-electron chi connectivity index (χ1n) is 3.40. The highest BCUT2D eigenvalue weighted by Gasteiger charge is 2.07. The Balaban J connectivity index is 2.98. The lowest BCUT2D eigenvalue weighted by Crippen LogP contribution is -1.85. The number of H-pyrrole nitrogens is 1. The third-order valence-electron chi connectivity index (χ3n) is 1.77. The van der Waals surface area contributed by atoms with E-state index in [0.717, 1.165) is 10.9 Å². The number of fused-ring (bicyclic) bond motifs is 1. The summed E-state index contributed by atoms with van der Waals surface area (Å²) in [4.78, 5) is 2.96. The Hall–Kier alpha value is -0.860. The van der Waals surface area contributed by atoms with Crippen LogP contribution in [-0.4, -0.2) is 4.98 Å². The summed E-state index contributed by atoms with van der Waals surface area (Å²) in [6.45, 7) is 0. The maximum absolute atomic E-state index is 5.92. The zero-order chi connectivity index (χ0) is 8.72. The van der Waals surface area contributed by atoms with Crippen molar-refractivity contribution in [2.24, 2.45) is 0 Å². The van der Waals surface area contributed by atoms with Gasteiger partial charge in [0, 0.05) is 11.6 Å². The molecule has 4 heteroatoms. The van der Waals surface area contributed by atoms with Crippen molar-refractivity contribution < 1.29 is 0 Å². The van der Waals surface area contributed by atoms with Crippen molar-refractivity contribution in [1.82, 2.24) is 4.98 Å². The van der Waals surface area contributed by atoms with Gasteiger partial charge in [-0.2, -0.15) is 0 Å². The molecule has 0 atom stereocenters. The number of nitrogens with one attached hydrogen (secondary N) is 1. The third kappa shape index (κ3) is 0.958. The summed E-state index contributed by atoms with van der Waals surface area (Å²) >= 11 is 11.8. The molecule has 0 saturated carbocycles. The fraction of sp³-hybridized carbons (Fsp3) is 0. The molecule has 0 fully saturated rings. The molecule has 0 aliphatic carbocycles. The molecule has 0 bridgehead atoms. The van der Waals surface area contributed by atoms with Gasteiger partial charge in [-0.15, -0.1) is 0 Å². The minimum absolute atomic E-state index is 0.599. The molecule has 0 saturated heterocycles. The molecule has 62 valence electrons. The predicted octanol–water partition coefficient (Wildman–Crippen LogP) is 3.06. The van der Waals surface area contributed by atoms with E-state index in [1.807, 2.05) is 0 Å². The molecular weight excluding hydrogens is 195 g/mol. The number of aromatic nitrogens is 1. The molecule has 2 rings (SSSR count). The predicted molar refractivity (Wildman–Crippen MR) is 52.7 cm³/mol. The summed E-state index contributed by atoms with van der Waals surface area (Å²) in [5.41, 5.74) is 7.14. The topological polar surface area (TPSA) is 41.8 Å². The summed E-state index contributed by atoms with van der Waals surface area (Å²) in [6.07, 6.45) is 1.68. The van der Waals surface area contributed by atoms with E-state index in [0.29, 0.717) is 15.7 Å². The Kier molecular flexibility index (Phi) is 1.67. The van der Waals surface area contributed by atoms with Crippen LogP contribution < -0.4 is 5.73 Å². The first-order valence-corrected chi connectivity index (χ1v) is 4.16. The normalized spacial score (nSPS) is 10.8. The van der Waals surface area contributed by atoms with Crippen LogP contribution >= 0.6 is 23.2 Å². The van der Waals surface area contributed by atoms with Gasteiger partial charge in [-0.05, 0) is 12.1 Å². The lowest BCUT2D eigenvalue weighted by atomic mass is 10.2. The maximum Gasteiger partial charge on any atom is 0.0718 e. The smallest absolute Gasteiger partial charge is 0.0718 e. The molecule has 1 aromatic carbocycles.